The maximum absolute atomic E-state index is 5.36. The number of anilines is 2. The van der Waals surface area contributed by atoms with E-state index < -0.39 is 0 Å². The zero-order chi connectivity index (χ0) is 12.0. The minimum absolute atomic E-state index is 0.375. The Labute approximate surface area is 101 Å². The lowest BCUT2D eigenvalue weighted by atomic mass is 10.3. The number of aromatic nitrogens is 2. The van der Waals surface area contributed by atoms with E-state index in [0.717, 1.165) is 23.8 Å². The molecule has 5 nitrogen and oxygen atoms in total. The van der Waals surface area contributed by atoms with Gasteiger partial charge in [0.25, 0.3) is 0 Å². The van der Waals surface area contributed by atoms with Gasteiger partial charge in [-0.2, -0.15) is 11.8 Å². The SMILES string of the molecule is CCc1nc(NN)cc(NC(C)CSC)n1. The first-order chi connectivity index (χ1) is 7.69. The highest BCUT2D eigenvalue weighted by atomic mass is 32.2. The third kappa shape index (κ3) is 3.86. The Morgan fingerprint density at radius 1 is 1.44 bits per heavy atom. The second-order valence-electron chi connectivity index (χ2n) is 3.55. The average molecular weight is 241 g/mol. The lowest BCUT2D eigenvalue weighted by Gasteiger charge is -2.14. The molecule has 1 unspecified atom stereocenters. The maximum atomic E-state index is 5.36. The zero-order valence-electron chi connectivity index (χ0n) is 9.95. The summed E-state index contributed by atoms with van der Waals surface area (Å²) >= 11 is 1.80. The van der Waals surface area contributed by atoms with Crippen molar-refractivity contribution in [1.82, 2.24) is 9.97 Å². The van der Waals surface area contributed by atoms with Gasteiger partial charge in [-0.3, -0.25) is 0 Å². The van der Waals surface area contributed by atoms with E-state index in [4.69, 9.17) is 5.84 Å². The first-order valence-corrected chi connectivity index (χ1v) is 6.69. The summed E-state index contributed by atoms with van der Waals surface area (Å²) in [6.07, 6.45) is 2.88. The smallest absolute Gasteiger partial charge is 0.145 e. The van der Waals surface area contributed by atoms with Crippen molar-refractivity contribution >= 4 is 23.4 Å². The van der Waals surface area contributed by atoms with Gasteiger partial charge in [-0.05, 0) is 13.2 Å². The van der Waals surface area contributed by atoms with Gasteiger partial charge in [0, 0.05) is 24.3 Å². The largest absolute Gasteiger partial charge is 0.367 e. The molecule has 0 aromatic carbocycles. The highest BCUT2D eigenvalue weighted by Crippen LogP contribution is 2.12. The van der Waals surface area contributed by atoms with E-state index in [0.29, 0.717) is 11.9 Å². The van der Waals surface area contributed by atoms with E-state index in [9.17, 15) is 0 Å². The van der Waals surface area contributed by atoms with Gasteiger partial charge in [0.1, 0.15) is 17.5 Å². The van der Waals surface area contributed by atoms with Crippen molar-refractivity contribution in [2.45, 2.75) is 26.3 Å². The summed E-state index contributed by atoms with van der Waals surface area (Å²) in [6, 6.07) is 2.19. The Kier molecular flexibility index (Phi) is 5.34. The maximum Gasteiger partial charge on any atom is 0.145 e. The number of hydrogen-bond acceptors (Lipinski definition) is 6. The molecule has 6 heteroatoms. The molecule has 0 spiro atoms. The zero-order valence-corrected chi connectivity index (χ0v) is 10.8. The molecule has 1 aromatic rings. The molecular formula is C10H19N5S. The summed E-state index contributed by atoms with van der Waals surface area (Å²) in [5.41, 5.74) is 2.55. The fourth-order valence-electron chi connectivity index (χ4n) is 1.35. The monoisotopic (exact) mass is 241 g/mol. The molecule has 1 rings (SSSR count). The van der Waals surface area contributed by atoms with Gasteiger partial charge in [-0.25, -0.2) is 15.8 Å². The minimum Gasteiger partial charge on any atom is -0.367 e. The average Bonchev–Trinajstić information content (AvgIpc) is 2.28. The number of nitrogens with two attached hydrogens (primary N) is 1. The van der Waals surface area contributed by atoms with Gasteiger partial charge in [0.05, 0.1) is 0 Å². The molecule has 1 aromatic heterocycles. The third-order valence-corrected chi connectivity index (χ3v) is 2.88. The fraction of sp³-hybridized carbons (Fsp3) is 0.600. The minimum atomic E-state index is 0.375. The standard InChI is InChI=1S/C10H19N5S/c1-4-8-13-9(5-10(14-8)15-11)12-7(2)6-16-3/h5,7H,4,6,11H2,1-3H3,(H2,12,13,14,15). The van der Waals surface area contributed by atoms with Crippen LogP contribution in [-0.2, 0) is 6.42 Å². The number of nitrogens with one attached hydrogen (secondary N) is 2. The lowest BCUT2D eigenvalue weighted by Crippen LogP contribution is -2.20. The Bertz CT molecular complexity index is 309. The number of thioether (sulfide) groups is 1. The number of rotatable bonds is 6. The van der Waals surface area contributed by atoms with Gasteiger partial charge in [-0.15, -0.1) is 0 Å². The van der Waals surface area contributed by atoms with Crippen molar-refractivity contribution < 1.29 is 0 Å². The van der Waals surface area contributed by atoms with E-state index in [-0.39, 0.29) is 0 Å². The predicted octanol–water partition coefficient (Wildman–Crippen LogP) is 1.49. The Morgan fingerprint density at radius 2 is 2.12 bits per heavy atom. The van der Waals surface area contributed by atoms with Crippen LogP contribution in [-0.4, -0.2) is 28.0 Å². The Hall–Kier alpha value is -1.01. The first-order valence-electron chi connectivity index (χ1n) is 5.29. The molecule has 0 fully saturated rings. The van der Waals surface area contributed by atoms with E-state index >= 15 is 0 Å². The number of nitrogens with zero attached hydrogens (tertiary/aromatic N) is 2. The molecule has 0 aliphatic carbocycles. The van der Waals surface area contributed by atoms with Crippen LogP contribution < -0.4 is 16.6 Å². The number of hydrogen-bond donors (Lipinski definition) is 3. The number of hydrazine groups is 1. The van der Waals surface area contributed by atoms with Gasteiger partial charge in [0.2, 0.25) is 0 Å². The molecule has 90 valence electrons. The van der Waals surface area contributed by atoms with E-state index in [2.05, 4.69) is 33.9 Å². The highest BCUT2D eigenvalue weighted by Gasteiger charge is 2.05. The molecule has 1 heterocycles. The summed E-state index contributed by atoms with van der Waals surface area (Å²) in [5, 5.41) is 3.32. The van der Waals surface area contributed by atoms with E-state index in [1.165, 1.54) is 0 Å². The van der Waals surface area contributed by atoms with Crippen LogP contribution in [0.3, 0.4) is 0 Å². The Balaban J connectivity index is 2.78. The molecule has 0 amide bonds. The second kappa shape index (κ2) is 6.55. The topological polar surface area (TPSA) is 75.9 Å². The van der Waals surface area contributed by atoms with Gasteiger partial charge >= 0.3 is 0 Å². The van der Waals surface area contributed by atoms with Crippen molar-refractivity contribution in [3.05, 3.63) is 11.9 Å². The number of aryl methyl sites for hydroxylation is 1. The lowest BCUT2D eigenvalue weighted by molar-refractivity contribution is 0.878. The first kappa shape index (κ1) is 13.1. The van der Waals surface area contributed by atoms with Gasteiger partial charge < -0.3 is 10.7 Å². The fourth-order valence-corrected chi connectivity index (χ4v) is 1.93. The van der Waals surface area contributed by atoms with Crippen LogP contribution in [0.4, 0.5) is 11.6 Å². The molecule has 16 heavy (non-hydrogen) atoms. The molecule has 0 saturated heterocycles. The van der Waals surface area contributed by atoms with Crippen molar-refractivity contribution in [2.75, 3.05) is 22.8 Å². The van der Waals surface area contributed by atoms with E-state index in [1.807, 2.05) is 13.0 Å². The van der Waals surface area contributed by atoms with Crippen LogP contribution in [0.2, 0.25) is 0 Å². The second-order valence-corrected chi connectivity index (χ2v) is 4.46. The van der Waals surface area contributed by atoms with Gasteiger partial charge in [0.15, 0.2) is 0 Å². The van der Waals surface area contributed by atoms with Gasteiger partial charge in [-0.1, -0.05) is 6.92 Å². The van der Waals surface area contributed by atoms with Crippen LogP contribution in [0, 0.1) is 0 Å². The van der Waals surface area contributed by atoms with Crippen molar-refractivity contribution in [3.8, 4) is 0 Å². The van der Waals surface area contributed by atoms with Crippen LogP contribution in [0.15, 0.2) is 6.07 Å². The summed E-state index contributed by atoms with van der Waals surface area (Å²) in [6.45, 7) is 4.14. The van der Waals surface area contributed by atoms with E-state index in [1.54, 1.807) is 11.8 Å². The predicted molar refractivity (Wildman–Crippen MR) is 70.7 cm³/mol. The van der Waals surface area contributed by atoms with Crippen LogP contribution in [0.1, 0.15) is 19.7 Å². The summed E-state index contributed by atoms with van der Waals surface area (Å²) < 4.78 is 0. The Morgan fingerprint density at radius 3 is 2.69 bits per heavy atom. The molecule has 4 N–H and O–H groups in total. The van der Waals surface area contributed by atoms with Crippen molar-refractivity contribution in [3.63, 3.8) is 0 Å². The summed E-state index contributed by atoms with van der Waals surface area (Å²) in [7, 11) is 0. The number of nitrogen functional groups attached to an aromatic ring is 1. The summed E-state index contributed by atoms with van der Waals surface area (Å²) in [4.78, 5) is 8.63. The molecule has 0 saturated carbocycles. The van der Waals surface area contributed by atoms with Crippen molar-refractivity contribution in [2.24, 2.45) is 5.84 Å². The molecule has 0 aliphatic heterocycles. The third-order valence-electron chi connectivity index (χ3n) is 2.05. The highest BCUT2D eigenvalue weighted by molar-refractivity contribution is 7.98. The summed E-state index contributed by atoms with van der Waals surface area (Å²) in [5.74, 6) is 8.65. The molecule has 1 atom stereocenters. The van der Waals surface area contributed by atoms with Crippen LogP contribution in [0.25, 0.3) is 0 Å². The molecule has 0 bridgehead atoms. The molecule has 0 radical (unpaired) electrons. The normalized spacial score (nSPS) is 12.2. The van der Waals surface area contributed by atoms with Crippen LogP contribution in [0.5, 0.6) is 0 Å². The molecule has 0 aliphatic rings. The quantitative estimate of drug-likeness (QED) is 0.517. The molecular weight excluding hydrogens is 222 g/mol. The van der Waals surface area contributed by atoms with Crippen LogP contribution >= 0.6 is 11.8 Å². The van der Waals surface area contributed by atoms with Crippen molar-refractivity contribution in [1.29, 1.82) is 0 Å².